The van der Waals surface area contributed by atoms with Crippen molar-refractivity contribution in [1.29, 1.82) is 0 Å². The van der Waals surface area contributed by atoms with Crippen LogP contribution in [0.2, 0.25) is 0 Å². The number of para-hydroxylation sites is 2. The molecule has 1 saturated heterocycles. The Morgan fingerprint density at radius 3 is 2.31 bits per heavy atom. The fraction of sp³-hybridized carbons (Fsp3) is 0.176. The first-order valence-corrected chi connectivity index (χ1v) is 7.46. The molecule has 1 fully saturated rings. The molecular formula is C17H12F4N2O3. The number of anilines is 1. The maximum absolute atomic E-state index is 13.0. The van der Waals surface area contributed by atoms with Gasteiger partial charge in [0.05, 0.1) is 5.69 Å². The van der Waals surface area contributed by atoms with Crippen LogP contribution < -0.4 is 9.64 Å². The van der Waals surface area contributed by atoms with Crippen LogP contribution in [0.15, 0.2) is 48.5 Å². The van der Waals surface area contributed by atoms with Crippen LogP contribution in [0.25, 0.3) is 0 Å². The van der Waals surface area contributed by atoms with Crippen LogP contribution in [0.3, 0.4) is 0 Å². The van der Waals surface area contributed by atoms with Crippen LogP contribution in [0.1, 0.15) is 5.56 Å². The highest BCUT2D eigenvalue weighted by Gasteiger charge is 2.40. The van der Waals surface area contributed by atoms with Gasteiger partial charge in [-0.3, -0.25) is 4.79 Å². The Balaban J connectivity index is 1.85. The number of hydrogen-bond acceptors (Lipinski definition) is 3. The first kappa shape index (κ1) is 17.7. The van der Waals surface area contributed by atoms with Gasteiger partial charge in [0.25, 0.3) is 5.91 Å². The van der Waals surface area contributed by atoms with Crippen molar-refractivity contribution in [3.05, 3.63) is 59.9 Å². The van der Waals surface area contributed by atoms with Crippen molar-refractivity contribution < 1.29 is 31.9 Å². The standard InChI is InChI=1S/C17H12F4N2O3/c18-12-7-5-11(6-8-12)9-22-10-15(24)23(16(22)25)13-3-1-2-4-14(13)26-17(19,20)21/h1-8H,9-10H2. The number of hydrogen-bond donors (Lipinski definition) is 0. The van der Waals surface area contributed by atoms with Gasteiger partial charge in [-0.2, -0.15) is 0 Å². The summed E-state index contributed by atoms with van der Waals surface area (Å²) >= 11 is 0. The number of ether oxygens (including phenoxy) is 1. The summed E-state index contributed by atoms with van der Waals surface area (Å²) in [6.07, 6.45) is -4.96. The van der Waals surface area contributed by atoms with Crippen LogP contribution in [0.5, 0.6) is 5.75 Å². The van der Waals surface area contributed by atoms with E-state index in [1.165, 1.54) is 42.5 Å². The van der Waals surface area contributed by atoms with Gasteiger partial charge in [-0.25, -0.2) is 14.1 Å². The van der Waals surface area contributed by atoms with Gasteiger partial charge in [0, 0.05) is 6.54 Å². The highest BCUT2D eigenvalue weighted by atomic mass is 19.4. The second-order valence-corrected chi connectivity index (χ2v) is 5.51. The molecule has 1 heterocycles. The topological polar surface area (TPSA) is 49.9 Å². The Hall–Kier alpha value is -3.10. The van der Waals surface area contributed by atoms with E-state index < -0.39 is 29.9 Å². The molecule has 1 aliphatic heterocycles. The Morgan fingerprint density at radius 2 is 1.65 bits per heavy atom. The summed E-state index contributed by atoms with van der Waals surface area (Å²) in [7, 11) is 0. The monoisotopic (exact) mass is 368 g/mol. The quantitative estimate of drug-likeness (QED) is 0.611. The number of halogens is 4. The molecule has 0 aliphatic carbocycles. The second kappa shape index (κ2) is 6.66. The summed E-state index contributed by atoms with van der Waals surface area (Å²) in [5, 5.41) is 0. The number of amides is 3. The van der Waals surface area contributed by atoms with E-state index in [1.807, 2.05) is 0 Å². The average Bonchev–Trinajstić information content (AvgIpc) is 2.83. The number of carbonyl (C=O) groups excluding carboxylic acids is 2. The van der Waals surface area contributed by atoms with Crippen LogP contribution in [0, 0.1) is 5.82 Å². The fourth-order valence-corrected chi connectivity index (χ4v) is 2.57. The van der Waals surface area contributed by atoms with Crippen molar-refractivity contribution in [3.8, 4) is 5.75 Å². The van der Waals surface area contributed by atoms with Crippen molar-refractivity contribution in [1.82, 2.24) is 4.90 Å². The molecule has 0 aromatic heterocycles. The predicted octanol–water partition coefficient (Wildman–Crippen LogP) is 3.69. The molecule has 0 unspecified atom stereocenters. The number of rotatable bonds is 4. The third kappa shape index (κ3) is 3.76. The normalized spacial score (nSPS) is 14.9. The summed E-state index contributed by atoms with van der Waals surface area (Å²) in [6, 6.07) is 9.45. The molecule has 9 heteroatoms. The van der Waals surface area contributed by atoms with Gasteiger partial charge in [-0.05, 0) is 29.8 Å². The molecule has 2 aromatic carbocycles. The Labute approximate surface area is 145 Å². The Morgan fingerprint density at radius 1 is 1.00 bits per heavy atom. The van der Waals surface area contributed by atoms with Gasteiger partial charge >= 0.3 is 12.4 Å². The number of nitrogens with zero attached hydrogens (tertiary/aromatic N) is 2. The SMILES string of the molecule is O=C1CN(Cc2ccc(F)cc2)C(=O)N1c1ccccc1OC(F)(F)F. The molecule has 3 amide bonds. The number of carbonyl (C=O) groups is 2. The Bertz CT molecular complexity index is 837. The lowest BCUT2D eigenvalue weighted by Crippen LogP contribution is -2.33. The molecule has 2 aromatic rings. The van der Waals surface area contributed by atoms with E-state index in [1.54, 1.807) is 0 Å². The zero-order valence-electron chi connectivity index (χ0n) is 13.2. The minimum atomic E-state index is -4.96. The zero-order valence-corrected chi connectivity index (χ0v) is 13.2. The molecular weight excluding hydrogens is 356 g/mol. The van der Waals surface area contributed by atoms with E-state index in [-0.39, 0.29) is 18.8 Å². The molecule has 0 spiro atoms. The molecule has 0 radical (unpaired) electrons. The average molecular weight is 368 g/mol. The van der Waals surface area contributed by atoms with Gasteiger partial charge in [0.1, 0.15) is 12.4 Å². The van der Waals surface area contributed by atoms with E-state index in [2.05, 4.69) is 4.74 Å². The minimum absolute atomic E-state index is 0.0175. The summed E-state index contributed by atoms with van der Waals surface area (Å²) in [4.78, 5) is 26.5. The molecule has 5 nitrogen and oxygen atoms in total. The molecule has 0 saturated carbocycles. The minimum Gasteiger partial charge on any atom is -0.404 e. The highest BCUT2D eigenvalue weighted by Crippen LogP contribution is 2.35. The van der Waals surface area contributed by atoms with Crippen molar-refractivity contribution in [3.63, 3.8) is 0 Å². The number of benzene rings is 2. The summed E-state index contributed by atoms with van der Waals surface area (Å²) in [5.74, 6) is -1.78. The van der Waals surface area contributed by atoms with Crippen molar-refractivity contribution in [2.75, 3.05) is 11.4 Å². The second-order valence-electron chi connectivity index (χ2n) is 5.51. The number of imide groups is 1. The first-order chi connectivity index (χ1) is 12.2. The maximum Gasteiger partial charge on any atom is 0.573 e. The lowest BCUT2D eigenvalue weighted by Gasteiger charge is -2.20. The molecule has 1 aliphatic rings. The highest BCUT2D eigenvalue weighted by molar-refractivity contribution is 6.20. The fourth-order valence-electron chi connectivity index (χ4n) is 2.57. The Kier molecular flexibility index (Phi) is 4.54. The van der Waals surface area contributed by atoms with Gasteiger partial charge in [0.15, 0.2) is 5.75 Å². The maximum atomic E-state index is 13.0. The molecule has 26 heavy (non-hydrogen) atoms. The van der Waals surface area contributed by atoms with Crippen molar-refractivity contribution >= 4 is 17.6 Å². The summed E-state index contributed by atoms with van der Waals surface area (Å²) < 4.78 is 54.5. The summed E-state index contributed by atoms with van der Waals surface area (Å²) in [6.45, 7) is -0.291. The third-order valence-corrected chi connectivity index (χ3v) is 3.66. The van der Waals surface area contributed by atoms with Gasteiger partial charge < -0.3 is 9.64 Å². The number of alkyl halides is 3. The molecule has 0 N–H and O–H groups in total. The third-order valence-electron chi connectivity index (χ3n) is 3.66. The van der Waals surface area contributed by atoms with E-state index in [0.29, 0.717) is 10.5 Å². The summed E-state index contributed by atoms with van der Waals surface area (Å²) in [5.41, 5.74) is 0.288. The molecule has 3 rings (SSSR count). The molecule has 0 bridgehead atoms. The smallest absolute Gasteiger partial charge is 0.404 e. The van der Waals surface area contributed by atoms with Crippen LogP contribution >= 0.6 is 0 Å². The molecule has 0 atom stereocenters. The lowest BCUT2D eigenvalue weighted by atomic mass is 10.2. The van der Waals surface area contributed by atoms with Crippen LogP contribution in [-0.2, 0) is 11.3 Å². The van der Waals surface area contributed by atoms with E-state index in [4.69, 9.17) is 0 Å². The predicted molar refractivity (Wildman–Crippen MR) is 82.8 cm³/mol. The van der Waals surface area contributed by atoms with Gasteiger partial charge in [-0.15, -0.1) is 13.2 Å². The largest absolute Gasteiger partial charge is 0.573 e. The lowest BCUT2D eigenvalue weighted by molar-refractivity contribution is -0.274. The van der Waals surface area contributed by atoms with Crippen molar-refractivity contribution in [2.24, 2.45) is 0 Å². The van der Waals surface area contributed by atoms with Crippen molar-refractivity contribution in [2.45, 2.75) is 12.9 Å². The van der Waals surface area contributed by atoms with Gasteiger partial charge in [0.2, 0.25) is 0 Å². The van der Waals surface area contributed by atoms with Crippen LogP contribution in [0.4, 0.5) is 28.0 Å². The van der Waals surface area contributed by atoms with E-state index in [9.17, 15) is 27.2 Å². The van der Waals surface area contributed by atoms with Crippen LogP contribution in [-0.4, -0.2) is 29.7 Å². The molecule has 136 valence electrons. The zero-order chi connectivity index (χ0) is 18.9. The van der Waals surface area contributed by atoms with E-state index >= 15 is 0 Å². The van der Waals surface area contributed by atoms with E-state index in [0.717, 1.165) is 11.0 Å². The number of urea groups is 1. The first-order valence-electron chi connectivity index (χ1n) is 7.46. The van der Waals surface area contributed by atoms with Gasteiger partial charge in [-0.1, -0.05) is 24.3 Å².